The summed E-state index contributed by atoms with van der Waals surface area (Å²) in [6.45, 7) is 3.92. The van der Waals surface area contributed by atoms with Crippen LogP contribution < -0.4 is 10.7 Å². The van der Waals surface area contributed by atoms with Crippen molar-refractivity contribution >= 4 is 17.2 Å². The van der Waals surface area contributed by atoms with Crippen LogP contribution in [0.5, 0.6) is 0 Å². The number of amides is 1. The van der Waals surface area contributed by atoms with E-state index in [-0.39, 0.29) is 22.9 Å². The second-order valence-electron chi connectivity index (χ2n) is 4.07. The Hall–Kier alpha value is -1.88. The molecule has 2 rings (SSSR count). The number of aromatic nitrogens is 1. The summed E-state index contributed by atoms with van der Waals surface area (Å²) >= 11 is 1.64. The molecular formula is C13H14N2O2S. The van der Waals surface area contributed by atoms with E-state index in [1.165, 1.54) is 23.3 Å². The lowest BCUT2D eigenvalue weighted by Crippen LogP contribution is -2.30. The molecule has 0 saturated heterocycles. The van der Waals surface area contributed by atoms with Crippen LogP contribution >= 0.6 is 11.3 Å². The van der Waals surface area contributed by atoms with Gasteiger partial charge in [-0.3, -0.25) is 9.59 Å². The second-order valence-corrected chi connectivity index (χ2v) is 5.39. The van der Waals surface area contributed by atoms with E-state index < -0.39 is 0 Å². The van der Waals surface area contributed by atoms with E-state index in [2.05, 4.69) is 10.3 Å². The van der Waals surface area contributed by atoms with E-state index in [4.69, 9.17) is 0 Å². The highest BCUT2D eigenvalue weighted by atomic mass is 32.1. The number of aryl methyl sites for hydroxylation is 1. The van der Waals surface area contributed by atoms with Gasteiger partial charge in [-0.05, 0) is 26.0 Å². The van der Waals surface area contributed by atoms with Gasteiger partial charge in [-0.2, -0.15) is 0 Å². The maximum atomic E-state index is 11.9. The quantitative estimate of drug-likeness (QED) is 0.891. The number of rotatable bonds is 3. The van der Waals surface area contributed by atoms with Gasteiger partial charge in [0, 0.05) is 28.2 Å². The lowest BCUT2D eigenvalue weighted by atomic mass is 10.2. The Labute approximate surface area is 109 Å². The number of aromatic amines is 1. The minimum atomic E-state index is -0.351. The molecule has 0 aromatic carbocycles. The molecule has 1 unspecified atom stereocenters. The van der Waals surface area contributed by atoms with Crippen molar-refractivity contribution in [2.75, 3.05) is 0 Å². The fraction of sp³-hybridized carbons (Fsp3) is 0.231. The molecule has 4 nitrogen and oxygen atoms in total. The van der Waals surface area contributed by atoms with E-state index in [1.807, 2.05) is 26.0 Å². The number of carbonyl (C=O) groups excluding carboxylic acids is 1. The first-order valence-electron chi connectivity index (χ1n) is 5.62. The van der Waals surface area contributed by atoms with Crippen molar-refractivity contribution in [1.29, 1.82) is 0 Å². The first-order chi connectivity index (χ1) is 8.58. The third-order valence-corrected chi connectivity index (χ3v) is 3.79. The van der Waals surface area contributed by atoms with Crippen LogP contribution in [0.2, 0.25) is 0 Å². The molecule has 0 fully saturated rings. The summed E-state index contributed by atoms with van der Waals surface area (Å²) in [4.78, 5) is 28.5. The summed E-state index contributed by atoms with van der Waals surface area (Å²) in [5, 5.41) is 2.82. The monoisotopic (exact) mass is 262 g/mol. The standard InChI is InChI=1S/C13H14N2O2S/c1-8-3-4-12(18-8)9(2)15-13(17)10-7-14-6-5-11(10)16/h3-7,9H,1-2H3,(H,14,16)(H,15,17). The SMILES string of the molecule is Cc1ccc(C(C)NC(=O)c2c[nH]ccc2=O)s1. The van der Waals surface area contributed by atoms with Crippen LogP contribution in [0, 0.1) is 6.92 Å². The van der Waals surface area contributed by atoms with E-state index >= 15 is 0 Å². The Morgan fingerprint density at radius 3 is 2.78 bits per heavy atom. The van der Waals surface area contributed by atoms with Crippen LogP contribution in [0.3, 0.4) is 0 Å². The molecule has 0 spiro atoms. The average Bonchev–Trinajstić information content (AvgIpc) is 2.76. The summed E-state index contributed by atoms with van der Waals surface area (Å²) in [7, 11) is 0. The first kappa shape index (κ1) is 12.6. The zero-order valence-electron chi connectivity index (χ0n) is 10.2. The summed E-state index contributed by atoms with van der Waals surface area (Å²) in [6.07, 6.45) is 2.93. The van der Waals surface area contributed by atoms with Gasteiger partial charge >= 0.3 is 0 Å². The van der Waals surface area contributed by atoms with Crippen molar-refractivity contribution in [3.63, 3.8) is 0 Å². The maximum Gasteiger partial charge on any atom is 0.257 e. The molecule has 0 aliphatic heterocycles. The molecule has 1 atom stereocenters. The van der Waals surface area contributed by atoms with Crippen LogP contribution in [0.1, 0.15) is 33.1 Å². The minimum absolute atomic E-state index is 0.101. The number of H-pyrrole nitrogens is 1. The van der Waals surface area contributed by atoms with E-state index in [0.29, 0.717) is 0 Å². The molecule has 18 heavy (non-hydrogen) atoms. The highest BCUT2D eigenvalue weighted by Gasteiger charge is 2.14. The molecule has 94 valence electrons. The molecule has 2 heterocycles. The van der Waals surface area contributed by atoms with E-state index in [0.717, 1.165) is 4.88 Å². The maximum absolute atomic E-state index is 11.9. The van der Waals surface area contributed by atoms with Crippen molar-refractivity contribution in [1.82, 2.24) is 10.3 Å². The largest absolute Gasteiger partial charge is 0.367 e. The number of carbonyl (C=O) groups is 1. The van der Waals surface area contributed by atoms with E-state index in [9.17, 15) is 9.59 Å². The average molecular weight is 262 g/mol. The molecule has 2 aromatic rings. The fourth-order valence-electron chi connectivity index (χ4n) is 1.63. The van der Waals surface area contributed by atoms with Gasteiger partial charge in [0.15, 0.2) is 5.43 Å². The predicted molar refractivity (Wildman–Crippen MR) is 72.0 cm³/mol. The molecule has 0 radical (unpaired) electrons. The molecule has 2 N–H and O–H groups in total. The van der Waals surface area contributed by atoms with Gasteiger partial charge in [0.1, 0.15) is 5.56 Å². The second kappa shape index (κ2) is 5.18. The summed E-state index contributed by atoms with van der Waals surface area (Å²) < 4.78 is 0. The van der Waals surface area contributed by atoms with Gasteiger partial charge in [-0.1, -0.05) is 0 Å². The number of pyridine rings is 1. The van der Waals surface area contributed by atoms with Gasteiger partial charge in [0.25, 0.3) is 5.91 Å². The zero-order chi connectivity index (χ0) is 13.1. The van der Waals surface area contributed by atoms with Crippen molar-refractivity contribution in [2.24, 2.45) is 0 Å². The van der Waals surface area contributed by atoms with Gasteiger partial charge in [-0.15, -0.1) is 11.3 Å². The fourth-order valence-corrected chi connectivity index (χ4v) is 2.50. The molecule has 1 amide bonds. The number of thiophene rings is 1. The predicted octanol–water partition coefficient (Wildman–Crippen LogP) is 2.24. The lowest BCUT2D eigenvalue weighted by molar-refractivity contribution is 0.0939. The number of nitrogens with one attached hydrogen (secondary N) is 2. The molecule has 0 aliphatic rings. The van der Waals surface area contributed by atoms with Gasteiger partial charge in [0.2, 0.25) is 0 Å². The highest BCUT2D eigenvalue weighted by molar-refractivity contribution is 7.12. The Morgan fingerprint density at radius 1 is 1.39 bits per heavy atom. The van der Waals surface area contributed by atoms with Crippen molar-refractivity contribution < 1.29 is 4.79 Å². The Bertz CT molecular complexity index is 615. The Kier molecular flexibility index (Phi) is 3.62. The summed E-state index contributed by atoms with van der Waals surface area (Å²) in [5.74, 6) is -0.351. The Morgan fingerprint density at radius 2 is 2.17 bits per heavy atom. The van der Waals surface area contributed by atoms with Crippen LogP contribution in [0.4, 0.5) is 0 Å². The lowest BCUT2D eigenvalue weighted by Gasteiger charge is -2.11. The Balaban J connectivity index is 2.13. The van der Waals surface area contributed by atoms with E-state index in [1.54, 1.807) is 11.3 Å². The third-order valence-electron chi connectivity index (χ3n) is 2.60. The minimum Gasteiger partial charge on any atom is -0.367 e. The molecule has 0 aliphatic carbocycles. The van der Waals surface area contributed by atoms with Crippen LogP contribution in [-0.2, 0) is 0 Å². The first-order valence-corrected chi connectivity index (χ1v) is 6.44. The topological polar surface area (TPSA) is 62.0 Å². The molecule has 2 aromatic heterocycles. The van der Waals surface area contributed by atoms with Crippen LogP contribution in [0.25, 0.3) is 0 Å². The molecule has 0 bridgehead atoms. The van der Waals surface area contributed by atoms with Crippen LogP contribution in [-0.4, -0.2) is 10.9 Å². The molecular weight excluding hydrogens is 248 g/mol. The van der Waals surface area contributed by atoms with Gasteiger partial charge in [-0.25, -0.2) is 0 Å². The van der Waals surface area contributed by atoms with Crippen molar-refractivity contribution in [3.05, 3.63) is 56.1 Å². The zero-order valence-corrected chi connectivity index (χ0v) is 11.0. The van der Waals surface area contributed by atoms with Crippen molar-refractivity contribution in [2.45, 2.75) is 19.9 Å². The summed E-state index contributed by atoms with van der Waals surface area (Å²) in [5.41, 5.74) is -0.140. The highest BCUT2D eigenvalue weighted by Crippen LogP contribution is 2.22. The normalized spacial score (nSPS) is 12.1. The molecule has 0 saturated carbocycles. The number of hydrogen-bond donors (Lipinski definition) is 2. The van der Waals surface area contributed by atoms with Gasteiger partial charge in [0.05, 0.1) is 6.04 Å². The van der Waals surface area contributed by atoms with Crippen LogP contribution in [0.15, 0.2) is 35.4 Å². The molecule has 5 heteroatoms. The third kappa shape index (κ3) is 2.68. The van der Waals surface area contributed by atoms with Gasteiger partial charge < -0.3 is 10.3 Å². The summed E-state index contributed by atoms with van der Waals surface area (Å²) in [6, 6.07) is 5.24. The number of hydrogen-bond acceptors (Lipinski definition) is 3. The van der Waals surface area contributed by atoms with Crippen molar-refractivity contribution in [3.8, 4) is 0 Å². The smallest absolute Gasteiger partial charge is 0.257 e.